The molecular formula is C16H18O3. The van der Waals surface area contributed by atoms with Crippen molar-refractivity contribution in [2.75, 3.05) is 13.2 Å². The molecule has 0 heterocycles. The lowest BCUT2D eigenvalue weighted by atomic mass is 10.1. The van der Waals surface area contributed by atoms with Crippen molar-refractivity contribution in [2.24, 2.45) is 0 Å². The summed E-state index contributed by atoms with van der Waals surface area (Å²) in [7, 11) is 0. The summed E-state index contributed by atoms with van der Waals surface area (Å²) < 4.78 is 5.37. The lowest BCUT2D eigenvalue weighted by Crippen LogP contribution is -2.12. The van der Waals surface area contributed by atoms with Crippen molar-refractivity contribution in [3.63, 3.8) is 0 Å². The van der Waals surface area contributed by atoms with Gasteiger partial charge in [-0.15, -0.1) is 0 Å². The Balaban J connectivity index is 1.78. The van der Waals surface area contributed by atoms with Crippen LogP contribution in [0.3, 0.4) is 0 Å². The number of hydrogen-bond donors (Lipinski definition) is 2. The van der Waals surface area contributed by atoms with Gasteiger partial charge in [-0.3, -0.25) is 0 Å². The molecule has 0 aromatic heterocycles. The molecule has 100 valence electrons. The lowest BCUT2D eigenvalue weighted by molar-refractivity contribution is -0.00893. The van der Waals surface area contributed by atoms with E-state index in [9.17, 15) is 10.2 Å². The molecule has 0 bridgehead atoms. The molecule has 0 saturated heterocycles. The predicted octanol–water partition coefficient (Wildman–Crippen LogP) is 2.47. The van der Waals surface area contributed by atoms with Gasteiger partial charge >= 0.3 is 0 Å². The molecule has 3 nitrogen and oxygen atoms in total. The van der Waals surface area contributed by atoms with Crippen molar-refractivity contribution in [1.82, 2.24) is 0 Å². The second-order valence-corrected chi connectivity index (χ2v) is 4.39. The summed E-state index contributed by atoms with van der Waals surface area (Å²) in [4.78, 5) is 0. The molecule has 0 radical (unpaired) electrons. The molecule has 2 unspecified atom stereocenters. The molecule has 2 N–H and O–H groups in total. The topological polar surface area (TPSA) is 49.7 Å². The summed E-state index contributed by atoms with van der Waals surface area (Å²) in [5.74, 6) is 0. The van der Waals surface area contributed by atoms with E-state index in [-0.39, 0.29) is 13.2 Å². The minimum absolute atomic E-state index is 0.175. The Morgan fingerprint density at radius 3 is 1.42 bits per heavy atom. The molecule has 3 heteroatoms. The molecule has 19 heavy (non-hydrogen) atoms. The Bertz CT molecular complexity index is 424. The van der Waals surface area contributed by atoms with Gasteiger partial charge in [0, 0.05) is 0 Å². The van der Waals surface area contributed by atoms with Gasteiger partial charge in [0.25, 0.3) is 0 Å². The first-order valence-electron chi connectivity index (χ1n) is 6.31. The number of hydrogen-bond acceptors (Lipinski definition) is 3. The molecule has 2 atom stereocenters. The number of aliphatic hydroxyl groups is 2. The third-order valence-electron chi connectivity index (χ3n) is 2.92. The zero-order valence-electron chi connectivity index (χ0n) is 10.6. The van der Waals surface area contributed by atoms with Crippen molar-refractivity contribution in [1.29, 1.82) is 0 Å². The lowest BCUT2D eigenvalue weighted by Gasteiger charge is -2.14. The van der Waals surface area contributed by atoms with E-state index in [1.807, 2.05) is 60.7 Å². The number of benzene rings is 2. The second kappa shape index (κ2) is 7.04. The van der Waals surface area contributed by atoms with Gasteiger partial charge in [-0.25, -0.2) is 0 Å². The van der Waals surface area contributed by atoms with E-state index in [1.165, 1.54) is 0 Å². The fourth-order valence-corrected chi connectivity index (χ4v) is 1.83. The predicted molar refractivity (Wildman–Crippen MR) is 73.6 cm³/mol. The number of ether oxygens (including phenoxy) is 1. The Morgan fingerprint density at radius 2 is 1.05 bits per heavy atom. The van der Waals surface area contributed by atoms with Crippen LogP contribution in [0.2, 0.25) is 0 Å². The molecule has 0 aliphatic rings. The first kappa shape index (κ1) is 13.7. The normalized spacial score (nSPS) is 14.0. The fourth-order valence-electron chi connectivity index (χ4n) is 1.83. The summed E-state index contributed by atoms with van der Waals surface area (Å²) in [5, 5.41) is 19.8. The van der Waals surface area contributed by atoms with Gasteiger partial charge < -0.3 is 14.9 Å². The van der Waals surface area contributed by atoms with Crippen LogP contribution >= 0.6 is 0 Å². The molecule has 0 amide bonds. The van der Waals surface area contributed by atoms with Gasteiger partial charge in [-0.05, 0) is 11.1 Å². The first-order valence-corrected chi connectivity index (χ1v) is 6.31. The van der Waals surface area contributed by atoms with Gasteiger partial charge in [-0.2, -0.15) is 0 Å². The average Bonchev–Trinajstić information content (AvgIpc) is 2.49. The van der Waals surface area contributed by atoms with Gasteiger partial charge in [-0.1, -0.05) is 60.7 Å². The molecule has 2 rings (SSSR count). The molecule has 2 aromatic carbocycles. The maximum atomic E-state index is 9.90. The minimum atomic E-state index is -0.663. The van der Waals surface area contributed by atoms with Crippen molar-refractivity contribution >= 4 is 0 Å². The second-order valence-electron chi connectivity index (χ2n) is 4.39. The van der Waals surface area contributed by atoms with Crippen molar-refractivity contribution in [3.8, 4) is 0 Å². The first-order chi connectivity index (χ1) is 9.27. The SMILES string of the molecule is OC(COCC(O)c1ccccc1)c1ccccc1. The van der Waals surface area contributed by atoms with Crippen LogP contribution in [0.15, 0.2) is 60.7 Å². The van der Waals surface area contributed by atoms with Crippen LogP contribution in [0.1, 0.15) is 23.3 Å². The van der Waals surface area contributed by atoms with Crippen LogP contribution in [-0.4, -0.2) is 23.4 Å². The molecule has 0 aliphatic heterocycles. The van der Waals surface area contributed by atoms with Gasteiger partial charge in [0.2, 0.25) is 0 Å². The number of rotatable bonds is 6. The van der Waals surface area contributed by atoms with Crippen LogP contribution in [0.25, 0.3) is 0 Å². The third kappa shape index (κ3) is 4.17. The zero-order valence-corrected chi connectivity index (χ0v) is 10.6. The smallest absolute Gasteiger partial charge is 0.102 e. The Kier molecular flexibility index (Phi) is 5.10. The monoisotopic (exact) mass is 258 g/mol. The summed E-state index contributed by atoms with van der Waals surface area (Å²) in [5.41, 5.74) is 1.63. The van der Waals surface area contributed by atoms with Gasteiger partial charge in [0.15, 0.2) is 0 Å². The molecule has 2 aromatic rings. The standard InChI is InChI=1S/C16H18O3/c17-15(13-7-3-1-4-8-13)11-19-12-16(18)14-9-5-2-6-10-14/h1-10,15-18H,11-12H2. The summed E-state index contributed by atoms with van der Waals surface area (Å²) >= 11 is 0. The van der Waals surface area contributed by atoms with Gasteiger partial charge in [0.05, 0.1) is 13.2 Å². The molecule has 0 fully saturated rings. The summed E-state index contributed by atoms with van der Waals surface area (Å²) in [6, 6.07) is 18.7. The van der Waals surface area contributed by atoms with Crippen LogP contribution < -0.4 is 0 Å². The molecule has 0 saturated carbocycles. The highest BCUT2D eigenvalue weighted by molar-refractivity contribution is 5.18. The number of aliphatic hydroxyl groups excluding tert-OH is 2. The van der Waals surface area contributed by atoms with E-state index in [4.69, 9.17) is 4.74 Å². The third-order valence-corrected chi connectivity index (χ3v) is 2.92. The van der Waals surface area contributed by atoms with E-state index in [0.29, 0.717) is 0 Å². The Morgan fingerprint density at radius 1 is 0.684 bits per heavy atom. The zero-order chi connectivity index (χ0) is 13.5. The Labute approximate surface area is 113 Å². The van der Waals surface area contributed by atoms with E-state index < -0.39 is 12.2 Å². The van der Waals surface area contributed by atoms with Crippen LogP contribution in [0, 0.1) is 0 Å². The van der Waals surface area contributed by atoms with E-state index in [2.05, 4.69) is 0 Å². The van der Waals surface area contributed by atoms with E-state index in [1.54, 1.807) is 0 Å². The van der Waals surface area contributed by atoms with Crippen LogP contribution in [-0.2, 0) is 4.74 Å². The van der Waals surface area contributed by atoms with Crippen molar-refractivity contribution < 1.29 is 14.9 Å². The van der Waals surface area contributed by atoms with E-state index >= 15 is 0 Å². The highest BCUT2D eigenvalue weighted by Gasteiger charge is 2.10. The maximum Gasteiger partial charge on any atom is 0.102 e. The largest absolute Gasteiger partial charge is 0.386 e. The van der Waals surface area contributed by atoms with Crippen molar-refractivity contribution in [3.05, 3.63) is 71.8 Å². The van der Waals surface area contributed by atoms with Gasteiger partial charge in [0.1, 0.15) is 12.2 Å². The van der Waals surface area contributed by atoms with Crippen LogP contribution in [0.4, 0.5) is 0 Å². The summed E-state index contributed by atoms with van der Waals surface area (Å²) in [6.07, 6.45) is -1.33. The quantitative estimate of drug-likeness (QED) is 0.837. The van der Waals surface area contributed by atoms with E-state index in [0.717, 1.165) is 11.1 Å². The van der Waals surface area contributed by atoms with Crippen molar-refractivity contribution in [2.45, 2.75) is 12.2 Å². The maximum absolute atomic E-state index is 9.90. The highest BCUT2D eigenvalue weighted by Crippen LogP contribution is 2.15. The fraction of sp³-hybridized carbons (Fsp3) is 0.250. The average molecular weight is 258 g/mol. The molecule has 0 spiro atoms. The Hall–Kier alpha value is -1.68. The molecule has 0 aliphatic carbocycles. The minimum Gasteiger partial charge on any atom is -0.386 e. The highest BCUT2D eigenvalue weighted by atomic mass is 16.5. The molecular weight excluding hydrogens is 240 g/mol. The van der Waals surface area contributed by atoms with Crippen LogP contribution in [0.5, 0.6) is 0 Å². The summed E-state index contributed by atoms with van der Waals surface area (Å²) in [6.45, 7) is 0.349.